The summed E-state index contributed by atoms with van der Waals surface area (Å²) in [5.41, 5.74) is -0.631. The molecule has 1 fully saturated rings. The first-order valence-corrected chi connectivity index (χ1v) is 6.12. The summed E-state index contributed by atoms with van der Waals surface area (Å²) in [7, 11) is 0. The highest BCUT2D eigenvalue weighted by atomic mass is 16.5. The lowest BCUT2D eigenvalue weighted by Crippen LogP contribution is -2.46. The molecule has 0 aromatic heterocycles. The number of aliphatic hydroxyl groups excluding tert-OH is 2. The Kier molecular flexibility index (Phi) is 5.95. The molecule has 0 saturated carbocycles. The molecule has 94 valence electrons. The van der Waals surface area contributed by atoms with E-state index < -0.39 is 11.7 Å². The largest absolute Gasteiger partial charge is 0.394 e. The van der Waals surface area contributed by atoms with E-state index in [0.29, 0.717) is 25.9 Å². The maximum absolute atomic E-state index is 10.3. The molecule has 0 bridgehead atoms. The lowest BCUT2D eigenvalue weighted by atomic mass is 9.86. The van der Waals surface area contributed by atoms with Gasteiger partial charge in [0.2, 0.25) is 0 Å². The predicted octanol–water partition coefficient (Wildman–Crippen LogP) is 1.04. The normalized spacial score (nSPS) is 28.4. The monoisotopic (exact) mass is 230 g/mol. The van der Waals surface area contributed by atoms with E-state index in [1.54, 1.807) is 0 Å². The second-order valence-corrected chi connectivity index (χ2v) is 4.48. The molecular formula is C12H22O4. The summed E-state index contributed by atoms with van der Waals surface area (Å²) in [6.45, 7) is 0.360. The van der Waals surface area contributed by atoms with Crippen LogP contribution in [0.2, 0.25) is 0 Å². The smallest absolute Gasteiger partial charge is 0.119 e. The lowest BCUT2D eigenvalue weighted by Gasteiger charge is -2.36. The molecule has 1 heterocycles. The van der Waals surface area contributed by atoms with Crippen LogP contribution in [-0.2, 0) is 9.53 Å². The molecule has 16 heavy (non-hydrogen) atoms. The highest BCUT2D eigenvalue weighted by Gasteiger charge is 2.38. The van der Waals surface area contributed by atoms with Gasteiger partial charge in [-0.25, -0.2) is 0 Å². The number of hydrogen-bond acceptors (Lipinski definition) is 4. The Morgan fingerprint density at radius 3 is 2.88 bits per heavy atom. The zero-order valence-electron chi connectivity index (χ0n) is 9.73. The van der Waals surface area contributed by atoms with Crippen molar-refractivity contribution in [2.24, 2.45) is 0 Å². The number of carbonyl (C=O) groups excluding carboxylic acids is 1. The van der Waals surface area contributed by atoms with Crippen molar-refractivity contribution in [2.75, 3.05) is 13.2 Å². The Morgan fingerprint density at radius 1 is 1.38 bits per heavy atom. The van der Waals surface area contributed by atoms with E-state index in [0.717, 1.165) is 32.0 Å². The molecule has 0 radical (unpaired) electrons. The van der Waals surface area contributed by atoms with Crippen molar-refractivity contribution < 1.29 is 19.7 Å². The third kappa shape index (κ3) is 3.54. The van der Waals surface area contributed by atoms with Gasteiger partial charge in [0.15, 0.2) is 0 Å². The van der Waals surface area contributed by atoms with Crippen molar-refractivity contribution in [1.82, 2.24) is 0 Å². The maximum Gasteiger partial charge on any atom is 0.119 e. The molecule has 0 spiro atoms. The third-order valence-electron chi connectivity index (χ3n) is 3.34. The zero-order valence-corrected chi connectivity index (χ0v) is 9.73. The number of aliphatic hydroxyl groups is 2. The Balaban J connectivity index is 2.61. The first-order chi connectivity index (χ1) is 7.75. The van der Waals surface area contributed by atoms with Gasteiger partial charge in [-0.2, -0.15) is 0 Å². The lowest BCUT2D eigenvalue weighted by molar-refractivity contribution is -0.141. The van der Waals surface area contributed by atoms with E-state index in [9.17, 15) is 9.90 Å². The van der Waals surface area contributed by atoms with Crippen LogP contribution in [0, 0.1) is 0 Å². The van der Waals surface area contributed by atoms with Crippen LogP contribution in [-0.4, -0.2) is 41.4 Å². The molecule has 1 aliphatic rings. The van der Waals surface area contributed by atoms with E-state index >= 15 is 0 Å². The van der Waals surface area contributed by atoms with Gasteiger partial charge in [0.05, 0.1) is 12.2 Å². The van der Waals surface area contributed by atoms with Gasteiger partial charge in [0.25, 0.3) is 0 Å². The first kappa shape index (κ1) is 13.6. The topological polar surface area (TPSA) is 66.8 Å². The first-order valence-electron chi connectivity index (χ1n) is 6.12. The van der Waals surface area contributed by atoms with Gasteiger partial charge in [0.1, 0.15) is 12.4 Å². The van der Waals surface area contributed by atoms with Crippen LogP contribution >= 0.6 is 0 Å². The van der Waals surface area contributed by atoms with Crippen molar-refractivity contribution in [3.8, 4) is 0 Å². The fraction of sp³-hybridized carbons (Fsp3) is 0.917. The minimum Gasteiger partial charge on any atom is -0.394 e. The predicted molar refractivity (Wildman–Crippen MR) is 60.2 cm³/mol. The van der Waals surface area contributed by atoms with Crippen LogP contribution in [0.1, 0.15) is 44.9 Å². The second-order valence-electron chi connectivity index (χ2n) is 4.48. The van der Waals surface area contributed by atoms with E-state index in [1.807, 2.05) is 0 Å². The van der Waals surface area contributed by atoms with E-state index in [-0.39, 0.29) is 6.61 Å². The molecular weight excluding hydrogens is 208 g/mol. The molecule has 4 heteroatoms. The minimum atomic E-state index is -0.836. The summed E-state index contributed by atoms with van der Waals surface area (Å²) in [4.78, 5) is 10.3. The van der Waals surface area contributed by atoms with E-state index in [2.05, 4.69) is 0 Å². The summed E-state index contributed by atoms with van der Waals surface area (Å²) in [5.74, 6) is 0. The SMILES string of the molecule is O=CCCCC1(C(O)CO)CCCCCO1. The fourth-order valence-corrected chi connectivity index (χ4v) is 2.33. The standard InChI is InChI=1S/C12H22O4/c13-8-4-3-7-12(11(15)10-14)6-2-1-5-9-16-12/h8,11,14-15H,1-7,9-10H2. The van der Waals surface area contributed by atoms with Crippen molar-refractivity contribution in [2.45, 2.75) is 56.7 Å². The van der Waals surface area contributed by atoms with Gasteiger partial charge in [-0.3, -0.25) is 0 Å². The van der Waals surface area contributed by atoms with Crippen LogP contribution in [0.4, 0.5) is 0 Å². The Labute approximate surface area is 96.6 Å². The number of carbonyl (C=O) groups is 1. The van der Waals surface area contributed by atoms with Crippen LogP contribution < -0.4 is 0 Å². The van der Waals surface area contributed by atoms with Gasteiger partial charge < -0.3 is 19.7 Å². The van der Waals surface area contributed by atoms with E-state index in [4.69, 9.17) is 9.84 Å². The molecule has 0 aromatic rings. The molecule has 0 aliphatic carbocycles. The van der Waals surface area contributed by atoms with Gasteiger partial charge in [-0.15, -0.1) is 0 Å². The number of rotatable bonds is 6. The highest BCUT2D eigenvalue weighted by Crippen LogP contribution is 2.32. The van der Waals surface area contributed by atoms with Gasteiger partial charge in [-0.05, 0) is 25.7 Å². The van der Waals surface area contributed by atoms with Crippen LogP contribution in [0.15, 0.2) is 0 Å². The van der Waals surface area contributed by atoms with Crippen molar-refractivity contribution in [3.63, 3.8) is 0 Å². The highest BCUT2D eigenvalue weighted by molar-refractivity contribution is 5.49. The minimum absolute atomic E-state index is 0.277. The summed E-state index contributed by atoms with van der Waals surface area (Å²) in [6.07, 6.45) is 5.79. The summed E-state index contributed by atoms with van der Waals surface area (Å²) in [5, 5.41) is 19.0. The number of ether oxygens (including phenoxy) is 1. The van der Waals surface area contributed by atoms with E-state index in [1.165, 1.54) is 0 Å². The zero-order chi connectivity index (χ0) is 11.9. The quantitative estimate of drug-likeness (QED) is 0.528. The molecule has 1 rings (SSSR count). The van der Waals surface area contributed by atoms with Gasteiger partial charge >= 0.3 is 0 Å². The molecule has 4 nitrogen and oxygen atoms in total. The summed E-state index contributed by atoms with van der Waals surface area (Å²) in [6, 6.07) is 0. The van der Waals surface area contributed by atoms with Crippen LogP contribution in [0.5, 0.6) is 0 Å². The Morgan fingerprint density at radius 2 is 2.19 bits per heavy atom. The van der Waals surface area contributed by atoms with Gasteiger partial charge in [-0.1, -0.05) is 12.8 Å². The summed E-state index contributed by atoms with van der Waals surface area (Å²) < 4.78 is 5.76. The molecule has 0 aromatic carbocycles. The maximum atomic E-state index is 10.3. The summed E-state index contributed by atoms with van der Waals surface area (Å²) >= 11 is 0. The Hall–Kier alpha value is -0.450. The van der Waals surface area contributed by atoms with Crippen LogP contribution in [0.25, 0.3) is 0 Å². The second kappa shape index (κ2) is 6.99. The van der Waals surface area contributed by atoms with Gasteiger partial charge in [0, 0.05) is 13.0 Å². The molecule has 2 unspecified atom stereocenters. The number of unbranched alkanes of at least 4 members (excludes halogenated alkanes) is 1. The van der Waals surface area contributed by atoms with Crippen molar-refractivity contribution >= 4 is 6.29 Å². The fourth-order valence-electron chi connectivity index (χ4n) is 2.33. The third-order valence-corrected chi connectivity index (χ3v) is 3.34. The van der Waals surface area contributed by atoms with Crippen LogP contribution in [0.3, 0.4) is 0 Å². The Bertz CT molecular complexity index is 197. The molecule has 1 saturated heterocycles. The molecule has 0 amide bonds. The van der Waals surface area contributed by atoms with Crippen molar-refractivity contribution in [3.05, 3.63) is 0 Å². The molecule has 2 N–H and O–H groups in total. The average molecular weight is 230 g/mol. The number of aldehydes is 1. The number of hydrogen-bond donors (Lipinski definition) is 2. The molecule has 2 atom stereocenters. The van der Waals surface area contributed by atoms with Crippen molar-refractivity contribution in [1.29, 1.82) is 0 Å². The molecule has 1 aliphatic heterocycles. The average Bonchev–Trinajstić information content (AvgIpc) is 2.55.